The molecule has 0 fully saturated rings. The van der Waals surface area contributed by atoms with E-state index < -0.39 is 5.97 Å². The molecule has 0 atom stereocenters. The Morgan fingerprint density at radius 1 is 1.44 bits per heavy atom. The SMILES string of the molecule is C=CC(=O)Oc1ccc2c(c1)OC(=O)CC2. The van der Waals surface area contributed by atoms with Gasteiger partial charge in [0.05, 0.1) is 6.42 Å². The fourth-order valence-electron chi connectivity index (χ4n) is 1.47. The first-order valence-corrected chi connectivity index (χ1v) is 4.87. The van der Waals surface area contributed by atoms with Gasteiger partial charge in [-0.3, -0.25) is 4.79 Å². The van der Waals surface area contributed by atoms with Crippen LogP contribution in [0.2, 0.25) is 0 Å². The average Bonchev–Trinajstić information content (AvgIpc) is 2.28. The summed E-state index contributed by atoms with van der Waals surface area (Å²) in [6.07, 6.45) is 2.12. The maximum absolute atomic E-state index is 11.1. The summed E-state index contributed by atoms with van der Waals surface area (Å²) in [6, 6.07) is 4.99. The van der Waals surface area contributed by atoms with Crippen molar-refractivity contribution in [3.05, 3.63) is 36.4 Å². The zero-order chi connectivity index (χ0) is 11.5. The van der Waals surface area contributed by atoms with Crippen molar-refractivity contribution in [3.8, 4) is 11.5 Å². The molecule has 0 amide bonds. The lowest BCUT2D eigenvalue weighted by Crippen LogP contribution is -2.15. The van der Waals surface area contributed by atoms with E-state index in [1.165, 1.54) is 6.07 Å². The first kappa shape index (κ1) is 10.4. The topological polar surface area (TPSA) is 52.6 Å². The molecule has 16 heavy (non-hydrogen) atoms. The van der Waals surface area contributed by atoms with Crippen LogP contribution in [-0.2, 0) is 16.0 Å². The van der Waals surface area contributed by atoms with Crippen molar-refractivity contribution in [1.29, 1.82) is 0 Å². The lowest BCUT2D eigenvalue weighted by atomic mass is 10.1. The minimum Gasteiger partial charge on any atom is -0.426 e. The van der Waals surface area contributed by atoms with E-state index in [-0.39, 0.29) is 5.97 Å². The van der Waals surface area contributed by atoms with Gasteiger partial charge in [0.1, 0.15) is 11.5 Å². The van der Waals surface area contributed by atoms with Gasteiger partial charge < -0.3 is 9.47 Å². The van der Waals surface area contributed by atoms with Crippen molar-refractivity contribution in [3.63, 3.8) is 0 Å². The molecule has 0 N–H and O–H groups in total. The minimum atomic E-state index is -0.540. The largest absolute Gasteiger partial charge is 0.426 e. The number of hydrogen-bond acceptors (Lipinski definition) is 4. The lowest BCUT2D eigenvalue weighted by Gasteiger charge is -2.15. The Morgan fingerprint density at radius 3 is 3.00 bits per heavy atom. The summed E-state index contributed by atoms with van der Waals surface area (Å²) in [5.74, 6) is 0.00532. The molecule has 1 aliphatic rings. The molecule has 1 aromatic carbocycles. The van der Waals surface area contributed by atoms with Crippen LogP contribution >= 0.6 is 0 Å². The number of carbonyl (C=O) groups excluding carboxylic acids is 2. The molecule has 0 saturated carbocycles. The highest BCUT2D eigenvalue weighted by Gasteiger charge is 2.17. The summed E-state index contributed by atoms with van der Waals surface area (Å²) in [7, 11) is 0. The Morgan fingerprint density at radius 2 is 2.25 bits per heavy atom. The van der Waals surface area contributed by atoms with Gasteiger partial charge in [-0.05, 0) is 18.1 Å². The van der Waals surface area contributed by atoms with Crippen LogP contribution in [0.3, 0.4) is 0 Å². The van der Waals surface area contributed by atoms with E-state index in [0.717, 1.165) is 11.6 Å². The molecule has 1 aliphatic heterocycles. The number of carbonyl (C=O) groups is 2. The van der Waals surface area contributed by atoms with Crippen LogP contribution in [-0.4, -0.2) is 11.9 Å². The number of hydrogen-bond donors (Lipinski definition) is 0. The summed E-state index contributed by atoms with van der Waals surface area (Å²) in [5.41, 5.74) is 0.943. The van der Waals surface area contributed by atoms with Crippen LogP contribution in [0.25, 0.3) is 0 Å². The zero-order valence-electron chi connectivity index (χ0n) is 8.56. The smallest absolute Gasteiger partial charge is 0.335 e. The van der Waals surface area contributed by atoms with Gasteiger partial charge in [-0.15, -0.1) is 0 Å². The quantitative estimate of drug-likeness (QED) is 0.430. The predicted molar refractivity (Wildman–Crippen MR) is 56.2 cm³/mol. The summed E-state index contributed by atoms with van der Waals surface area (Å²) >= 11 is 0. The van der Waals surface area contributed by atoms with Crippen molar-refractivity contribution < 1.29 is 19.1 Å². The molecular formula is C12H10O4. The molecule has 2 rings (SSSR count). The van der Waals surface area contributed by atoms with E-state index in [1.807, 2.05) is 0 Å². The Bertz CT molecular complexity index is 462. The Hall–Kier alpha value is -2.10. The second-order valence-electron chi connectivity index (χ2n) is 3.37. The Kier molecular flexibility index (Phi) is 2.72. The lowest BCUT2D eigenvalue weighted by molar-refractivity contribution is -0.135. The molecule has 0 bridgehead atoms. The van der Waals surface area contributed by atoms with E-state index in [1.54, 1.807) is 12.1 Å². The maximum atomic E-state index is 11.1. The standard InChI is InChI=1S/C12H10O4/c1-2-11(13)15-9-5-3-8-4-6-12(14)16-10(8)7-9/h2-3,5,7H,1,4,6H2. The second kappa shape index (κ2) is 4.18. The van der Waals surface area contributed by atoms with Gasteiger partial charge in [0.25, 0.3) is 0 Å². The molecule has 4 heteroatoms. The Labute approximate surface area is 92.5 Å². The molecule has 0 aliphatic carbocycles. The number of aryl methyl sites for hydroxylation is 1. The monoisotopic (exact) mass is 218 g/mol. The van der Waals surface area contributed by atoms with Crippen LogP contribution in [0.15, 0.2) is 30.9 Å². The van der Waals surface area contributed by atoms with Crippen LogP contribution in [0, 0.1) is 0 Å². The molecule has 0 radical (unpaired) electrons. The summed E-state index contributed by atoms with van der Waals surface area (Å²) in [5, 5.41) is 0. The molecule has 0 saturated heterocycles. The third kappa shape index (κ3) is 2.11. The van der Waals surface area contributed by atoms with E-state index in [9.17, 15) is 9.59 Å². The van der Waals surface area contributed by atoms with E-state index >= 15 is 0 Å². The molecule has 82 valence electrons. The molecule has 1 aromatic rings. The molecule has 0 spiro atoms. The van der Waals surface area contributed by atoms with E-state index in [4.69, 9.17) is 9.47 Å². The van der Waals surface area contributed by atoms with Crippen molar-refractivity contribution >= 4 is 11.9 Å². The van der Waals surface area contributed by atoms with Gasteiger partial charge in [-0.25, -0.2) is 4.79 Å². The van der Waals surface area contributed by atoms with Gasteiger partial charge >= 0.3 is 11.9 Å². The number of fused-ring (bicyclic) bond motifs is 1. The normalized spacial score (nSPS) is 13.6. The summed E-state index contributed by atoms with van der Waals surface area (Å²) < 4.78 is 9.95. The molecule has 0 unspecified atom stereocenters. The van der Waals surface area contributed by atoms with E-state index in [0.29, 0.717) is 24.3 Å². The van der Waals surface area contributed by atoms with Crippen molar-refractivity contribution in [1.82, 2.24) is 0 Å². The van der Waals surface area contributed by atoms with Gasteiger partial charge in [-0.1, -0.05) is 12.6 Å². The van der Waals surface area contributed by atoms with Crippen LogP contribution in [0.1, 0.15) is 12.0 Å². The first-order chi connectivity index (χ1) is 7.69. The van der Waals surface area contributed by atoms with Crippen molar-refractivity contribution in [2.45, 2.75) is 12.8 Å². The fourth-order valence-corrected chi connectivity index (χ4v) is 1.47. The molecule has 0 aromatic heterocycles. The number of benzene rings is 1. The first-order valence-electron chi connectivity index (χ1n) is 4.87. The summed E-state index contributed by atoms with van der Waals surface area (Å²) in [4.78, 5) is 22.0. The van der Waals surface area contributed by atoms with Gasteiger partial charge in [0.2, 0.25) is 0 Å². The highest BCUT2D eigenvalue weighted by molar-refractivity contribution is 5.83. The van der Waals surface area contributed by atoms with Gasteiger partial charge in [0, 0.05) is 12.1 Å². The second-order valence-corrected chi connectivity index (χ2v) is 3.37. The third-order valence-electron chi connectivity index (χ3n) is 2.25. The number of rotatable bonds is 2. The zero-order valence-corrected chi connectivity index (χ0v) is 8.56. The Balaban J connectivity index is 2.24. The highest BCUT2D eigenvalue weighted by atomic mass is 16.5. The fraction of sp³-hybridized carbons (Fsp3) is 0.167. The molecule has 4 nitrogen and oxygen atoms in total. The highest BCUT2D eigenvalue weighted by Crippen LogP contribution is 2.29. The van der Waals surface area contributed by atoms with Crippen LogP contribution in [0.5, 0.6) is 11.5 Å². The maximum Gasteiger partial charge on any atom is 0.335 e. The molecule has 1 heterocycles. The average molecular weight is 218 g/mol. The predicted octanol–water partition coefficient (Wildman–Crippen LogP) is 1.63. The third-order valence-corrected chi connectivity index (χ3v) is 2.25. The number of ether oxygens (including phenoxy) is 2. The number of esters is 2. The van der Waals surface area contributed by atoms with Crippen molar-refractivity contribution in [2.24, 2.45) is 0 Å². The minimum absolute atomic E-state index is 0.264. The van der Waals surface area contributed by atoms with Crippen LogP contribution in [0.4, 0.5) is 0 Å². The van der Waals surface area contributed by atoms with Gasteiger partial charge in [0.15, 0.2) is 0 Å². The van der Waals surface area contributed by atoms with Crippen molar-refractivity contribution in [2.75, 3.05) is 0 Å². The molecular weight excluding hydrogens is 208 g/mol. The summed E-state index contributed by atoms with van der Waals surface area (Å²) in [6.45, 7) is 3.30. The van der Waals surface area contributed by atoms with Crippen LogP contribution < -0.4 is 9.47 Å². The van der Waals surface area contributed by atoms with E-state index in [2.05, 4.69) is 6.58 Å². The van der Waals surface area contributed by atoms with Gasteiger partial charge in [-0.2, -0.15) is 0 Å².